The lowest BCUT2D eigenvalue weighted by atomic mass is 10.1. The molecule has 0 aromatic heterocycles. The van der Waals surface area contributed by atoms with E-state index in [1.165, 1.54) is 0 Å². The lowest BCUT2D eigenvalue weighted by Crippen LogP contribution is -2.28. The van der Waals surface area contributed by atoms with Crippen LogP contribution < -0.4 is 15.5 Å². The number of anilines is 2. The minimum absolute atomic E-state index is 0.0748. The van der Waals surface area contributed by atoms with Gasteiger partial charge in [-0.1, -0.05) is 0 Å². The van der Waals surface area contributed by atoms with Crippen molar-refractivity contribution >= 4 is 23.2 Å². The number of primary amides is 1. The molecule has 1 saturated heterocycles. The SMILES string of the molecule is CCN(CCO)c1ccc(N2CC(C(N)=O)CC2=O)cc1. The Hall–Kier alpha value is -2.08. The van der Waals surface area contributed by atoms with E-state index in [2.05, 4.69) is 0 Å². The average Bonchev–Trinajstić information content (AvgIpc) is 2.87. The number of carbonyl (C=O) groups is 2. The van der Waals surface area contributed by atoms with Crippen molar-refractivity contribution in [3.05, 3.63) is 24.3 Å². The van der Waals surface area contributed by atoms with Gasteiger partial charge < -0.3 is 20.6 Å². The van der Waals surface area contributed by atoms with Gasteiger partial charge in [-0.05, 0) is 31.2 Å². The summed E-state index contributed by atoms with van der Waals surface area (Å²) in [4.78, 5) is 26.8. The van der Waals surface area contributed by atoms with Gasteiger partial charge in [0.2, 0.25) is 11.8 Å². The number of likely N-dealkylation sites (N-methyl/N-ethyl adjacent to an activating group) is 1. The second-order valence-electron chi connectivity index (χ2n) is 5.13. The van der Waals surface area contributed by atoms with Crippen LogP contribution in [0.2, 0.25) is 0 Å². The van der Waals surface area contributed by atoms with E-state index in [1.54, 1.807) is 4.90 Å². The Kier molecular flexibility index (Phi) is 4.80. The summed E-state index contributed by atoms with van der Waals surface area (Å²) < 4.78 is 0. The molecule has 114 valence electrons. The second-order valence-corrected chi connectivity index (χ2v) is 5.13. The Labute approximate surface area is 124 Å². The maximum atomic E-state index is 11.9. The molecule has 1 fully saturated rings. The van der Waals surface area contributed by atoms with Crippen LogP contribution in [0.1, 0.15) is 13.3 Å². The van der Waals surface area contributed by atoms with Crippen LogP contribution in [0.25, 0.3) is 0 Å². The third-order valence-corrected chi connectivity index (χ3v) is 3.81. The standard InChI is InChI=1S/C15H21N3O3/c1-2-17(7-8-19)12-3-5-13(6-4-12)18-10-11(15(16)21)9-14(18)20/h3-6,11,19H,2,7-10H2,1H3,(H2,16,21). The molecule has 2 rings (SSSR count). The molecule has 1 aromatic rings. The van der Waals surface area contributed by atoms with Gasteiger partial charge in [-0.15, -0.1) is 0 Å². The molecular weight excluding hydrogens is 270 g/mol. The summed E-state index contributed by atoms with van der Waals surface area (Å²) in [6.45, 7) is 3.84. The highest BCUT2D eigenvalue weighted by Crippen LogP contribution is 2.27. The van der Waals surface area contributed by atoms with E-state index in [9.17, 15) is 9.59 Å². The molecule has 0 saturated carbocycles. The lowest BCUT2D eigenvalue weighted by Gasteiger charge is -2.23. The molecular formula is C15H21N3O3. The van der Waals surface area contributed by atoms with E-state index in [1.807, 2.05) is 36.1 Å². The van der Waals surface area contributed by atoms with Gasteiger partial charge in [0.05, 0.1) is 12.5 Å². The third-order valence-electron chi connectivity index (χ3n) is 3.81. The van der Waals surface area contributed by atoms with Crippen LogP contribution in [-0.2, 0) is 9.59 Å². The van der Waals surface area contributed by atoms with E-state index in [0.29, 0.717) is 13.1 Å². The maximum Gasteiger partial charge on any atom is 0.227 e. The lowest BCUT2D eigenvalue weighted by molar-refractivity contribution is -0.123. The molecule has 1 atom stereocenters. The number of aliphatic hydroxyl groups is 1. The fraction of sp³-hybridized carbons (Fsp3) is 0.467. The average molecular weight is 291 g/mol. The Bertz CT molecular complexity index is 515. The first-order valence-electron chi connectivity index (χ1n) is 7.12. The number of amides is 2. The van der Waals surface area contributed by atoms with Gasteiger partial charge in [0, 0.05) is 37.4 Å². The van der Waals surface area contributed by atoms with Crippen molar-refractivity contribution in [2.45, 2.75) is 13.3 Å². The van der Waals surface area contributed by atoms with E-state index in [4.69, 9.17) is 10.8 Å². The van der Waals surface area contributed by atoms with Crippen LogP contribution in [-0.4, -0.2) is 43.2 Å². The van der Waals surface area contributed by atoms with Crippen molar-refractivity contribution in [2.75, 3.05) is 36.0 Å². The van der Waals surface area contributed by atoms with Crippen LogP contribution in [0.5, 0.6) is 0 Å². The maximum absolute atomic E-state index is 11.9. The van der Waals surface area contributed by atoms with Gasteiger partial charge in [-0.2, -0.15) is 0 Å². The fourth-order valence-corrected chi connectivity index (χ4v) is 2.58. The predicted octanol–water partition coefficient (Wildman–Crippen LogP) is 0.343. The number of hydrogen-bond acceptors (Lipinski definition) is 4. The quantitative estimate of drug-likeness (QED) is 0.791. The first-order chi connectivity index (χ1) is 10.1. The molecule has 0 aliphatic carbocycles. The molecule has 1 unspecified atom stereocenters. The Morgan fingerprint density at radius 2 is 2.10 bits per heavy atom. The molecule has 0 bridgehead atoms. The van der Waals surface area contributed by atoms with Gasteiger partial charge in [-0.25, -0.2) is 0 Å². The van der Waals surface area contributed by atoms with E-state index in [-0.39, 0.29) is 18.9 Å². The highest BCUT2D eigenvalue weighted by atomic mass is 16.3. The zero-order chi connectivity index (χ0) is 15.4. The van der Waals surface area contributed by atoms with Crippen LogP contribution in [0, 0.1) is 5.92 Å². The summed E-state index contributed by atoms with van der Waals surface area (Å²) in [5.41, 5.74) is 7.03. The zero-order valence-electron chi connectivity index (χ0n) is 12.2. The summed E-state index contributed by atoms with van der Waals surface area (Å²) in [7, 11) is 0. The largest absolute Gasteiger partial charge is 0.395 e. The fourth-order valence-electron chi connectivity index (χ4n) is 2.58. The number of benzene rings is 1. The van der Waals surface area contributed by atoms with Crippen molar-refractivity contribution in [1.82, 2.24) is 0 Å². The molecule has 21 heavy (non-hydrogen) atoms. The van der Waals surface area contributed by atoms with Crippen LogP contribution in [0.4, 0.5) is 11.4 Å². The molecule has 0 spiro atoms. The summed E-state index contributed by atoms with van der Waals surface area (Å²) >= 11 is 0. The zero-order valence-corrected chi connectivity index (χ0v) is 12.2. The van der Waals surface area contributed by atoms with Crippen molar-refractivity contribution < 1.29 is 14.7 Å². The number of rotatable bonds is 6. The summed E-state index contributed by atoms with van der Waals surface area (Å²) in [5.74, 6) is -0.907. The summed E-state index contributed by atoms with van der Waals surface area (Å²) in [5, 5.41) is 9.03. The minimum Gasteiger partial charge on any atom is -0.395 e. The summed E-state index contributed by atoms with van der Waals surface area (Å²) in [6.07, 6.45) is 0.183. The van der Waals surface area contributed by atoms with Crippen LogP contribution in [0.15, 0.2) is 24.3 Å². The van der Waals surface area contributed by atoms with Crippen molar-refractivity contribution in [3.8, 4) is 0 Å². The van der Waals surface area contributed by atoms with Crippen molar-refractivity contribution in [2.24, 2.45) is 11.7 Å². The van der Waals surface area contributed by atoms with Crippen LogP contribution in [0.3, 0.4) is 0 Å². The van der Waals surface area contributed by atoms with E-state index in [0.717, 1.165) is 17.9 Å². The Morgan fingerprint density at radius 3 is 2.57 bits per heavy atom. The molecule has 6 nitrogen and oxygen atoms in total. The smallest absolute Gasteiger partial charge is 0.227 e. The van der Waals surface area contributed by atoms with Crippen LogP contribution >= 0.6 is 0 Å². The normalized spacial score (nSPS) is 18.1. The predicted molar refractivity (Wildman–Crippen MR) is 81.1 cm³/mol. The van der Waals surface area contributed by atoms with Gasteiger partial charge in [0.25, 0.3) is 0 Å². The number of nitrogens with zero attached hydrogens (tertiary/aromatic N) is 2. The van der Waals surface area contributed by atoms with Gasteiger partial charge in [-0.3, -0.25) is 9.59 Å². The molecule has 1 aromatic carbocycles. The van der Waals surface area contributed by atoms with Gasteiger partial charge >= 0.3 is 0 Å². The number of aliphatic hydroxyl groups excluding tert-OH is 1. The highest BCUT2D eigenvalue weighted by molar-refractivity contribution is 6.00. The third kappa shape index (κ3) is 3.33. The molecule has 1 aliphatic rings. The van der Waals surface area contributed by atoms with Crippen molar-refractivity contribution in [1.29, 1.82) is 0 Å². The topological polar surface area (TPSA) is 86.9 Å². The summed E-state index contributed by atoms with van der Waals surface area (Å²) in [6, 6.07) is 7.55. The van der Waals surface area contributed by atoms with E-state index < -0.39 is 11.8 Å². The molecule has 6 heteroatoms. The number of hydrogen-bond donors (Lipinski definition) is 2. The Morgan fingerprint density at radius 1 is 1.43 bits per heavy atom. The second kappa shape index (κ2) is 6.58. The van der Waals surface area contributed by atoms with Gasteiger partial charge in [0.15, 0.2) is 0 Å². The Balaban J connectivity index is 2.12. The molecule has 2 amide bonds. The first-order valence-corrected chi connectivity index (χ1v) is 7.12. The first kappa shape index (κ1) is 15.3. The molecule has 1 heterocycles. The molecule has 0 radical (unpaired) electrons. The van der Waals surface area contributed by atoms with Gasteiger partial charge in [0.1, 0.15) is 0 Å². The minimum atomic E-state index is -0.428. The number of carbonyl (C=O) groups excluding carboxylic acids is 2. The highest BCUT2D eigenvalue weighted by Gasteiger charge is 2.33. The monoisotopic (exact) mass is 291 g/mol. The van der Waals surface area contributed by atoms with Crippen molar-refractivity contribution in [3.63, 3.8) is 0 Å². The van der Waals surface area contributed by atoms with E-state index >= 15 is 0 Å². The molecule has 3 N–H and O–H groups in total. The number of nitrogens with two attached hydrogens (primary N) is 1. The molecule has 1 aliphatic heterocycles.